The molecular formula is C26H27N3O6S. The van der Waals surface area contributed by atoms with E-state index < -0.39 is 12.1 Å². The van der Waals surface area contributed by atoms with Gasteiger partial charge < -0.3 is 34.5 Å². The van der Waals surface area contributed by atoms with E-state index in [4.69, 9.17) is 18.9 Å². The molecule has 0 fully saturated rings. The second-order valence-electron chi connectivity index (χ2n) is 8.59. The summed E-state index contributed by atoms with van der Waals surface area (Å²) in [5.41, 5.74) is 2.72. The summed E-state index contributed by atoms with van der Waals surface area (Å²) in [6, 6.07) is 10.2. The largest absolute Gasteiger partial charge is 0.493 e. The number of fused-ring (bicyclic) bond motifs is 3. The Labute approximate surface area is 212 Å². The number of benzene rings is 2. The Hall–Kier alpha value is -3.76. The maximum Gasteiger partial charge on any atom is 0.343 e. The molecule has 2 aliphatic heterocycles. The van der Waals surface area contributed by atoms with Crippen molar-refractivity contribution in [3.05, 3.63) is 63.5 Å². The Morgan fingerprint density at radius 2 is 1.75 bits per heavy atom. The summed E-state index contributed by atoms with van der Waals surface area (Å²) in [5.74, 6) is 0.683. The summed E-state index contributed by atoms with van der Waals surface area (Å²) in [6.07, 6.45) is 0.298. The molecule has 0 saturated carbocycles. The molecule has 0 spiro atoms. The lowest BCUT2D eigenvalue weighted by atomic mass is 10.0. The van der Waals surface area contributed by atoms with Crippen molar-refractivity contribution in [3.8, 4) is 23.0 Å². The molecule has 188 valence electrons. The van der Waals surface area contributed by atoms with Crippen LogP contribution < -0.4 is 29.6 Å². The summed E-state index contributed by atoms with van der Waals surface area (Å²) < 4.78 is 21.8. The summed E-state index contributed by atoms with van der Waals surface area (Å²) in [7, 11) is 6.53. The number of likely N-dealkylation sites (N-methyl/N-ethyl adjacent to an activating group) is 1. The van der Waals surface area contributed by atoms with E-state index in [2.05, 4.69) is 22.6 Å². The molecule has 36 heavy (non-hydrogen) atoms. The smallest absolute Gasteiger partial charge is 0.343 e. The van der Waals surface area contributed by atoms with Crippen molar-refractivity contribution in [1.82, 2.24) is 10.2 Å². The number of hydrogen-bond donors (Lipinski definition) is 2. The van der Waals surface area contributed by atoms with E-state index in [-0.39, 0.29) is 11.5 Å². The Morgan fingerprint density at radius 3 is 2.44 bits per heavy atom. The quantitative estimate of drug-likeness (QED) is 0.382. The predicted octanol–water partition coefficient (Wildman–Crippen LogP) is 3.84. The van der Waals surface area contributed by atoms with Gasteiger partial charge in [0.25, 0.3) is 5.91 Å². The van der Waals surface area contributed by atoms with Crippen molar-refractivity contribution in [2.45, 2.75) is 19.1 Å². The predicted molar refractivity (Wildman–Crippen MR) is 136 cm³/mol. The first-order valence-corrected chi connectivity index (χ1v) is 12.3. The van der Waals surface area contributed by atoms with Crippen molar-refractivity contribution in [2.75, 3.05) is 40.2 Å². The number of rotatable bonds is 6. The van der Waals surface area contributed by atoms with Gasteiger partial charge in [-0.3, -0.25) is 4.79 Å². The molecule has 3 aromatic rings. The van der Waals surface area contributed by atoms with Gasteiger partial charge in [-0.1, -0.05) is 18.2 Å². The first-order chi connectivity index (χ1) is 17.4. The summed E-state index contributed by atoms with van der Waals surface area (Å²) >= 11 is 1.61. The monoisotopic (exact) mass is 509 g/mol. The summed E-state index contributed by atoms with van der Waals surface area (Å²) in [4.78, 5) is 29.7. The van der Waals surface area contributed by atoms with Crippen LogP contribution in [0.25, 0.3) is 0 Å². The van der Waals surface area contributed by atoms with Gasteiger partial charge >= 0.3 is 5.97 Å². The normalized spacial score (nSPS) is 16.8. The fourth-order valence-corrected chi connectivity index (χ4v) is 5.92. The fraction of sp³-hybridized carbons (Fsp3) is 0.308. The maximum atomic E-state index is 13.1. The number of nitrogens with zero attached hydrogens (tertiary/aromatic N) is 1. The van der Waals surface area contributed by atoms with E-state index in [0.717, 1.165) is 35.6 Å². The van der Waals surface area contributed by atoms with Crippen LogP contribution in [0, 0.1) is 0 Å². The van der Waals surface area contributed by atoms with Crippen molar-refractivity contribution in [1.29, 1.82) is 0 Å². The first kappa shape index (κ1) is 24.0. The highest BCUT2D eigenvalue weighted by Crippen LogP contribution is 2.42. The van der Waals surface area contributed by atoms with E-state index in [1.54, 1.807) is 23.5 Å². The van der Waals surface area contributed by atoms with Gasteiger partial charge in [-0.25, -0.2) is 4.79 Å². The standard InChI is InChI=1S/C26H27N3O6S/c1-29-10-9-16-20(13-29)36-25-21(16)24(30)27-23(28-25)15-7-5-6-8-17(15)35-26(31)14-11-18(32-2)22(34-4)19(12-14)33-3/h5-8,11-12,23,28H,9-10,13H2,1-4H3,(H,27,30)/t23-/m1/s1. The van der Waals surface area contributed by atoms with Gasteiger partial charge in [-0.05, 0) is 37.2 Å². The highest BCUT2D eigenvalue weighted by Gasteiger charge is 2.34. The van der Waals surface area contributed by atoms with Crippen molar-refractivity contribution < 1.29 is 28.5 Å². The molecule has 10 heteroatoms. The SMILES string of the molecule is COc1cc(C(=O)Oc2ccccc2[C@@H]2NC(=O)c3c(sc4c3CCN(C)C4)N2)cc(OC)c1OC. The molecule has 1 amide bonds. The minimum Gasteiger partial charge on any atom is -0.493 e. The third-order valence-corrected chi connectivity index (χ3v) is 7.51. The number of esters is 1. The highest BCUT2D eigenvalue weighted by atomic mass is 32.1. The van der Waals surface area contributed by atoms with Gasteiger partial charge in [0.1, 0.15) is 16.9 Å². The molecule has 2 N–H and O–H groups in total. The van der Waals surface area contributed by atoms with Gasteiger partial charge in [0.15, 0.2) is 11.5 Å². The second-order valence-corrected chi connectivity index (χ2v) is 9.69. The van der Waals surface area contributed by atoms with E-state index >= 15 is 0 Å². The van der Waals surface area contributed by atoms with Crippen LogP contribution in [0.5, 0.6) is 23.0 Å². The summed E-state index contributed by atoms with van der Waals surface area (Å²) in [6.45, 7) is 1.75. The number of hydrogen-bond acceptors (Lipinski definition) is 9. The second kappa shape index (κ2) is 9.71. The molecule has 3 heterocycles. The average Bonchev–Trinajstić information content (AvgIpc) is 3.25. The van der Waals surface area contributed by atoms with Crippen molar-refractivity contribution in [2.24, 2.45) is 0 Å². The number of ether oxygens (including phenoxy) is 4. The lowest BCUT2D eigenvalue weighted by Crippen LogP contribution is -2.39. The van der Waals surface area contributed by atoms with Crippen LogP contribution in [-0.4, -0.2) is 51.7 Å². The molecule has 0 aliphatic carbocycles. The zero-order valence-corrected chi connectivity index (χ0v) is 21.3. The molecule has 0 radical (unpaired) electrons. The van der Waals surface area contributed by atoms with E-state index in [9.17, 15) is 9.59 Å². The van der Waals surface area contributed by atoms with Gasteiger partial charge in [-0.2, -0.15) is 0 Å². The van der Waals surface area contributed by atoms with Crippen molar-refractivity contribution in [3.63, 3.8) is 0 Å². The Balaban J connectivity index is 1.43. The van der Waals surface area contributed by atoms with Crippen LogP contribution in [0.1, 0.15) is 42.9 Å². The summed E-state index contributed by atoms with van der Waals surface area (Å²) in [5, 5.41) is 7.32. The molecule has 0 unspecified atom stereocenters. The molecule has 0 bridgehead atoms. The zero-order chi connectivity index (χ0) is 25.4. The number of para-hydroxylation sites is 1. The third-order valence-electron chi connectivity index (χ3n) is 6.36. The van der Waals surface area contributed by atoms with Crippen LogP contribution in [0.3, 0.4) is 0 Å². The van der Waals surface area contributed by atoms with Crippen LogP contribution in [0.4, 0.5) is 5.00 Å². The fourth-order valence-electron chi connectivity index (χ4n) is 4.57. The van der Waals surface area contributed by atoms with Crippen LogP contribution in [0.15, 0.2) is 36.4 Å². The van der Waals surface area contributed by atoms with Gasteiger partial charge in [0, 0.05) is 23.5 Å². The van der Waals surface area contributed by atoms with Gasteiger partial charge in [0.05, 0.1) is 32.5 Å². The topological polar surface area (TPSA) is 98.4 Å². The van der Waals surface area contributed by atoms with Crippen LogP contribution in [-0.2, 0) is 13.0 Å². The number of anilines is 1. The molecule has 0 saturated heterocycles. The molecule has 1 atom stereocenters. The molecule has 5 rings (SSSR count). The van der Waals surface area contributed by atoms with Crippen LogP contribution >= 0.6 is 11.3 Å². The van der Waals surface area contributed by atoms with Crippen molar-refractivity contribution >= 4 is 28.2 Å². The van der Waals surface area contributed by atoms with E-state index in [1.807, 2.05) is 12.1 Å². The number of carbonyl (C=O) groups is 2. The molecule has 1 aromatic heterocycles. The van der Waals surface area contributed by atoms with Crippen LogP contribution in [0.2, 0.25) is 0 Å². The van der Waals surface area contributed by atoms with E-state index in [0.29, 0.717) is 28.6 Å². The molecule has 2 aliphatic rings. The number of carbonyl (C=O) groups excluding carboxylic acids is 2. The Morgan fingerprint density at radius 1 is 1.03 bits per heavy atom. The molecular weight excluding hydrogens is 482 g/mol. The van der Waals surface area contributed by atoms with E-state index in [1.165, 1.54) is 38.3 Å². The number of nitrogens with one attached hydrogen (secondary N) is 2. The lowest BCUT2D eigenvalue weighted by Gasteiger charge is -2.28. The maximum absolute atomic E-state index is 13.1. The number of amides is 1. The van der Waals surface area contributed by atoms with Gasteiger partial charge in [0.2, 0.25) is 5.75 Å². The molecule has 2 aromatic carbocycles. The average molecular weight is 510 g/mol. The third kappa shape index (κ3) is 4.22. The Kier molecular flexibility index (Phi) is 6.46. The lowest BCUT2D eigenvalue weighted by molar-refractivity contribution is 0.0731. The zero-order valence-electron chi connectivity index (χ0n) is 20.5. The minimum atomic E-state index is -0.598. The first-order valence-electron chi connectivity index (χ1n) is 11.4. The number of thiophene rings is 1. The van der Waals surface area contributed by atoms with Gasteiger partial charge in [-0.15, -0.1) is 11.3 Å². The highest BCUT2D eigenvalue weighted by molar-refractivity contribution is 7.16. The molecule has 9 nitrogen and oxygen atoms in total. The minimum absolute atomic E-state index is 0.124. The Bertz CT molecular complexity index is 1310. The number of methoxy groups -OCH3 is 3.